The van der Waals surface area contributed by atoms with E-state index >= 15 is 0 Å². The fourth-order valence-electron chi connectivity index (χ4n) is 26.7. The molecule has 140 heavy (non-hydrogen) atoms. The van der Waals surface area contributed by atoms with Gasteiger partial charge >= 0.3 is 0 Å². The van der Waals surface area contributed by atoms with Crippen molar-refractivity contribution in [3.8, 4) is 66.8 Å². The zero-order valence-electron chi connectivity index (χ0n) is 77.8. The van der Waals surface area contributed by atoms with Crippen LogP contribution in [0.3, 0.4) is 0 Å². The van der Waals surface area contributed by atoms with Crippen LogP contribution in [0.15, 0.2) is 417 Å². The Bertz CT molecular complexity index is 10400. The second kappa shape index (κ2) is 30.1. The van der Waals surface area contributed by atoms with Gasteiger partial charge in [-0.15, -0.1) is 22.7 Å². The van der Waals surface area contributed by atoms with Crippen LogP contribution in [0.25, 0.3) is 248 Å². The van der Waals surface area contributed by atoms with Crippen LogP contribution in [0.1, 0.15) is 94.5 Å². The van der Waals surface area contributed by atoms with Gasteiger partial charge in [0.05, 0.1) is 16.4 Å². The first kappa shape index (κ1) is 79.8. The number of furan rings is 1. The molecule has 0 spiro atoms. The van der Waals surface area contributed by atoms with Crippen molar-refractivity contribution in [3.63, 3.8) is 0 Å². The van der Waals surface area contributed by atoms with Gasteiger partial charge in [0.15, 0.2) is 0 Å². The minimum Gasteiger partial charge on any atom is -0.455 e. The van der Waals surface area contributed by atoms with Gasteiger partial charge in [-0.1, -0.05) is 416 Å². The average Bonchev–Trinajstić information content (AvgIpc) is 1.52. The largest absolute Gasteiger partial charge is 0.455 e. The number of hydrogen-bond donors (Lipinski definition) is 1. The lowest BCUT2D eigenvalue weighted by Gasteiger charge is -2.25. The lowest BCUT2D eigenvalue weighted by Crippen LogP contribution is -2.17. The Morgan fingerprint density at radius 3 is 1.32 bits per heavy atom. The van der Waals surface area contributed by atoms with Crippen molar-refractivity contribution in [2.75, 3.05) is 0 Å². The number of nitrogens with one attached hydrogen (secondary N) is 1. The molecule has 0 unspecified atom stereocenters. The molecule has 34 rings (SSSR count). The molecule has 0 amide bonds. The van der Waals surface area contributed by atoms with Gasteiger partial charge < -0.3 is 9.40 Å². The minimum absolute atomic E-state index is 0.0267. The van der Waals surface area contributed by atoms with Crippen LogP contribution in [0, 0.1) is 0 Å². The van der Waals surface area contributed by atoms with Crippen LogP contribution in [0.5, 0.6) is 0 Å². The molecule has 0 radical (unpaired) electrons. The summed E-state index contributed by atoms with van der Waals surface area (Å²) in [5.74, 6) is 0. The molecule has 0 saturated carbocycles. The number of rotatable bonds is 0. The molecular formula is C136H89NOS2. The number of para-hydroxylation sites is 1. The highest BCUT2D eigenvalue weighted by Crippen LogP contribution is 2.62. The number of benzene rings is 24. The van der Waals surface area contributed by atoms with E-state index < -0.39 is 0 Å². The van der Waals surface area contributed by atoms with E-state index in [1.165, 1.54) is 287 Å². The predicted molar refractivity (Wildman–Crippen MR) is 600 cm³/mol. The van der Waals surface area contributed by atoms with Gasteiger partial charge in [0, 0.05) is 88.9 Å². The lowest BCUT2D eigenvalue weighted by molar-refractivity contribution is 0.660. The van der Waals surface area contributed by atoms with Gasteiger partial charge in [-0.05, 0) is 259 Å². The zero-order valence-corrected chi connectivity index (χ0v) is 79.4. The summed E-state index contributed by atoms with van der Waals surface area (Å²) >= 11 is 3.89. The van der Waals surface area contributed by atoms with Gasteiger partial charge in [0.25, 0.3) is 0 Å². The summed E-state index contributed by atoms with van der Waals surface area (Å²) in [6, 6.07) is 151. The van der Waals surface area contributed by atoms with Crippen LogP contribution in [-0.4, -0.2) is 4.98 Å². The highest BCUT2D eigenvalue weighted by molar-refractivity contribution is 7.27. The van der Waals surface area contributed by atoms with Crippen molar-refractivity contribution < 1.29 is 4.42 Å². The molecule has 6 aliphatic carbocycles. The van der Waals surface area contributed by atoms with E-state index in [-0.39, 0.29) is 10.8 Å². The SMILES string of the molecule is CC1(C)c2c(ccc3c2Cc2ccccc2-3)-c2ccc3ccccc3c21.CC1(C)c2c(ccc3ccccc23)-c2c3c(c4ccccc4c21)-c1ccccc1C3.c1ccc2c(c1)Cc1c-2c2ccccc2c2sc3ccc4ccccc4c3c12.c1ccc2c(c1)ccc1c2[nH]c2c1c1ccccc1c1oc3ccccc3c21.c1ccc2cc3c(cc2c1)Cc1c-3c2ccccc2c2sc3ccccc3c12. The Labute approximate surface area is 817 Å². The molecule has 6 aliphatic rings. The highest BCUT2D eigenvalue weighted by Gasteiger charge is 2.44. The standard InChI is InChI=1S/C30H22.2C27H16S.C26H15NO.C26H20/c1-30(2)28-21-12-6-3-9-18(21)15-16-24(28)27-25-17-19-10-4-5-11-20(19)26(25)22-13-7-8-14-23(22)29(27)30;1-3-9-18-16(7-1)13-14-23-25(18)26-22-15-17-8-2-4-10-19(17)24(22)20-11-5-6-12-21(20)27(26)28-23;1-2-8-17-14-22-18(13-16(17)7-1)15-23-25(22)19-9-3-4-10-20(19)27-26(23)21-11-5-6-12-24(21)28-27;1-2-8-16-15(7-1)13-14-20-22-17-9-3-4-10-18(17)26-23(25(22)27-24(16)20)19-11-5-6-12-21(19)28-26;1-26(2)24-19-10-6-3-7-16(19)11-12-21(24)22-14-13-20-18-9-5-4-8-17(18)15-23(20)25(22)26/h3-16H,17H2,1-2H3;2*1-14H,15H2;1-14,27H;3-14H,15H2,1-2H3. The van der Waals surface area contributed by atoms with Crippen molar-refractivity contribution >= 4 is 204 Å². The average molecular weight is 1820 g/mol. The highest BCUT2D eigenvalue weighted by atomic mass is 32.1. The van der Waals surface area contributed by atoms with Crippen molar-refractivity contribution in [1.29, 1.82) is 0 Å². The minimum atomic E-state index is -0.0328. The van der Waals surface area contributed by atoms with E-state index in [1.807, 2.05) is 34.8 Å². The molecule has 0 saturated heterocycles. The molecule has 4 aromatic heterocycles. The normalized spacial score (nSPS) is 13.7. The molecule has 28 aromatic rings. The number of hydrogen-bond acceptors (Lipinski definition) is 3. The summed E-state index contributed by atoms with van der Waals surface area (Å²) in [5.41, 5.74) is 39.4. The van der Waals surface area contributed by atoms with E-state index in [0.717, 1.165) is 53.1 Å². The molecule has 0 atom stereocenters. The molecule has 0 aliphatic heterocycles. The number of H-pyrrole nitrogens is 1. The Balaban J connectivity index is 0.0000000823. The van der Waals surface area contributed by atoms with E-state index in [1.54, 1.807) is 0 Å². The van der Waals surface area contributed by atoms with Crippen molar-refractivity contribution in [3.05, 3.63) is 479 Å². The quantitative estimate of drug-likeness (QED) is 0.161. The van der Waals surface area contributed by atoms with Crippen molar-refractivity contribution in [1.82, 2.24) is 4.98 Å². The first-order valence-corrected chi connectivity index (χ1v) is 51.0. The molecule has 0 fully saturated rings. The zero-order chi connectivity index (χ0) is 92.2. The van der Waals surface area contributed by atoms with E-state index in [0.29, 0.717) is 0 Å². The van der Waals surface area contributed by atoms with Crippen LogP contribution in [0.2, 0.25) is 0 Å². The van der Waals surface area contributed by atoms with E-state index in [2.05, 4.69) is 433 Å². The van der Waals surface area contributed by atoms with Gasteiger partial charge in [0.2, 0.25) is 0 Å². The summed E-state index contributed by atoms with van der Waals surface area (Å²) in [5, 5.41) is 34.7. The van der Waals surface area contributed by atoms with Crippen LogP contribution < -0.4 is 0 Å². The molecule has 4 heteroatoms. The Hall–Kier alpha value is -16.3. The molecule has 1 N–H and O–H groups in total. The maximum Gasteiger partial charge on any atom is 0.145 e. The first-order chi connectivity index (χ1) is 69.0. The third-order valence-corrected chi connectivity index (χ3v) is 34.8. The Morgan fingerprint density at radius 1 is 0.214 bits per heavy atom. The van der Waals surface area contributed by atoms with Crippen LogP contribution >= 0.6 is 22.7 Å². The van der Waals surface area contributed by atoms with Crippen molar-refractivity contribution in [2.24, 2.45) is 0 Å². The van der Waals surface area contributed by atoms with E-state index in [4.69, 9.17) is 4.42 Å². The molecular weight excluding hydrogens is 1730 g/mol. The summed E-state index contributed by atoms with van der Waals surface area (Å²) in [4.78, 5) is 3.77. The van der Waals surface area contributed by atoms with Gasteiger partial charge in [0.1, 0.15) is 11.2 Å². The first-order valence-electron chi connectivity index (χ1n) is 49.3. The summed E-state index contributed by atoms with van der Waals surface area (Å²) in [7, 11) is 0. The second-order valence-corrected chi connectivity index (χ2v) is 42.5. The monoisotopic (exact) mass is 1820 g/mol. The smallest absolute Gasteiger partial charge is 0.145 e. The predicted octanol–water partition coefficient (Wildman–Crippen LogP) is 38.0. The molecule has 24 aromatic carbocycles. The van der Waals surface area contributed by atoms with Crippen LogP contribution in [-0.2, 0) is 36.5 Å². The maximum atomic E-state index is 6.34. The summed E-state index contributed by atoms with van der Waals surface area (Å²) < 4.78 is 12.0. The lowest BCUT2D eigenvalue weighted by atomic mass is 9.77. The number of thiophene rings is 2. The second-order valence-electron chi connectivity index (χ2n) is 40.4. The molecule has 656 valence electrons. The Kier molecular flexibility index (Phi) is 17.2. The van der Waals surface area contributed by atoms with E-state index in [9.17, 15) is 0 Å². The molecule has 0 bridgehead atoms. The van der Waals surface area contributed by atoms with Gasteiger partial charge in [-0.3, -0.25) is 0 Å². The number of aromatic nitrogens is 1. The Morgan fingerprint density at radius 2 is 0.636 bits per heavy atom. The van der Waals surface area contributed by atoms with Gasteiger partial charge in [-0.2, -0.15) is 0 Å². The topological polar surface area (TPSA) is 28.9 Å². The molecule has 2 nitrogen and oxygen atoms in total. The fraction of sp³-hybridized carbons (Fsp3) is 0.0735. The third-order valence-electron chi connectivity index (χ3n) is 32.4. The number of aromatic amines is 1. The summed E-state index contributed by atoms with van der Waals surface area (Å²) in [6.45, 7) is 9.66. The van der Waals surface area contributed by atoms with Crippen molar-refractivity contribution in [2.45, 2.75) is 64.2 Å². The third kappa shape index (κ3) is 11.4. The summed E-state index contributed by atoms with van der Waals surface area (Å²) in [6.07, 6.45) is 4.14. The van der Waals surface area contributed by atoms with Crippen LogP contribution in [0.4, 0.5) is 0 Å². The maximum absolute atomic E-state index is 6.34. The fourth-order valence-corrected chi connectivity index (χ4v) is 29.3. The number of fused-ring (bicyclic) bond motifs is 56. The molecule has 4 heterocycles. The van der Waals surface area contributed by atoms with Gasteiger partial charge in [-0.25, -0.2) is 0 Å².